The van der Waals surface area contributed by atoms with Crippen LogP contribution in [0.2, 0.25) is 0 Å². The van der Waals surface area contributed by atoms with Crippen LogP contribution in [0.1, 0.15) is 40.5 Å². The number of aryl methyl sites for hydroxylation is 2. The Balaban J connectivity index is 0.000000178. The number of hydrogen-bond donors (Lipinski definition) is 7. The zero-order chi connectivity index (χ0) is 45.2. The lowest BCUT2D eigenvalue weighted by Gasteiger charge is -2.07. The number of imidazole rings is 2. The van der Waals surface area contributed by atoms with Crippen LogP contribution < -0.4 is 20.5 Å². The molecule has 0 radical (unpaired) electrons. The number of hydrogen-bond acceptors (Lipinski definition) is 17. The van der Waals surface area contributed by atoms with Gasteiger partial charge in [0.1, 0.15) is 43.2 Å². The zero-order valence-electron chi connectivity index (χ0n) is 33.5. The molecule has 63 heavy (non-hydrogen) atoms. The quantitative estimate of drug-likeness (QED) is 0.0363. The lowest BCUT2D eigenvalue weighted by atomic mass is 10.2. The highest BCUT2D eigenvalue weighted by Gasteiger charge is 2.16. The van der Waals surface area contributed by atoms with E-state index in [0.29, 0.717) is 61.2 Å². The van der Waals surface area contributed by atoms with Gasteiger partial charge in [0.05, 0.1) is 49.2 Å². The Labute approximate surface area is 374 Å². The molecule has 0 saturated heterocycles. The number of nitrogen functional groups attached to an aromatic ring is 1. The molecular formula is C40H34N12O7S4. The number of benzene rings is 2. The second-order valence-electron chi connectivity index (χ2n) is 12.6. The SMILES string of the molecule is COc1ccc(N)cc1O.[C-]#[N+]c1ncc2[nH]c(SCc3ncc(C(=O)Nc4ccc(OC)c(O)c4)s3)nc2c1C.[C-]#[N+]c1ncc2[nH]c(SCc3ncc(C(=O)O)s3)nc2c1C. The van der Waals surface area contributed by atoms with Gasteiger partial charge in [-0.1, -0.05) is 36.7 Å². The van der Waals surface area contributed by atoms with Gasteiger partial charge >= 0.3 is 5.97 Å². The minimum absolute atomic E-state index is 0.0542. The predicted octanol–water partition coefficient (Wildman–Crippen LogP) is 8.78. The number of thiazole rings is 2. The van der Waals surface area contributed by atoms with Crippen molar-refractivity contribution in [2.45, 2.75) is 35.7 Å². The summed E-state index contributed by atoms with van der Waals surface area (Å²) in [5, 5.41) is 33.4. The molecule has 6 aromatic heterocycles. The molecule has 0 bridgehead atoms. The van der Waals surface area contributed by atoms with E-state index in [9.17, 15) is 14.7 Å². The largest absolute Gasteiger partial charge is 0.504 e. The van der Waals surface area contributed by atoms with Gasteiger partial charge < -0.3 is 55.5 Å². The average molecular weight is 923 g/mol. The van der Waals surface area contributed by atoms with Crippen molar-refractivity contribution in [1.29, 1.82) is 0 Å². The minimum atomic E-state index is -0.967. The fourth-order valence-electron chi connectivity index (χ4n) is 5.39. The second-order valence-corrected chi connectivity index (χ2v) is 16.8. The maximum absolute atomic E-state index is 12.5. The summed E-state index contributed by atoms with van der Waals surface area (Å²) >= 11 is 5.32. The normalized spacial score (nSPS) is 10.5. The highest BCUT2D eigenvalue weighted by atomic mass is 32.2. The number of rotatable bonds is 11. The number of amides is 1. The van der Waals surface area contributed by atoms with Crippen molar-refractivity contribution < 1.29 is 34.4 Å². The molecule has 320 valence electrons. The van der Waals surface area contributed by atoms with Crippen LogP contribution in [0.4, 0.5) is 23.0 Å². The average Bonchev–Trinajstić information content (AvgIpc) is 4.10. The third-order valence-electron chi connectivity index (χ3n) is 8.49. The highest BCUT2D eigenvalue weighted by molar-refractivity contribution is 7.98. The molecule has 8 rings (SSSR count). The standard InChI is InChI=1S/C20H16N6O3S2.C13H9N5O2S2.C7H9NO2/c1-10-17-12(7-23-18(10)21-2)25-20(26-17)30-9-16-22-8-15(31-16)19(28)24-11-4-5-14(29-3)13(27)6-11;1-6-10-7(3-16-11(6)14-2)17-13(18-10)21-5-9-15-4-8(22-9)12(19)20;1-10-7-3-2-5(8)4-6(7)9/h4-8,27H,9H2,1,3H3,(H,24,28)(H,25,26);3-4H,5H2,1H3,(H,17,18)(H,19,20);2-4,9H,8H2,1H3. The molecule has 0 spiro atoms. The maximum atomic E-state index is 12.5. The first-order chi connectivity index (χ1) is 30.3. The number of nitrogens with one attached hydrogen (secondary N) is 3. The number of phenolic OH excluding ortho intramolecular Hbond substituents is 2. The molecular weight excluding hydrogens is 889 g/mol. The number of aromatic nitrogens is 8. The Morgan fingerprint density at radius 1 is 0.762 bits per heavy atom. The molecule has 1 amide bonds. The number of aromatic hydroxyl groups is 2. The lowest BCUT2D eigenvalue weighted by Crippen LogP contribution is -2.09. The second kappa shape index (κ2) is 20.4. The fraction of sp³-hybridized carbons (Fsp3) is 0.150. The van der Waals surface area contributed by atoms with E-state index in [0.717, 1.165) is 54.5 Å². The van der Waals surface area contributed by atoms with Gasteiger partial charge in [-0.05, 0) is 38.1 Å². The van der Waals surface area contributed by atoms with Crippen LogP contribution in [0, 0.1) is 27.0 Å². The molecule has 23 heteroatoms. The van der Waals surface area contributed by atoms with E-state index in [1.165, 1.54) is 73.6 Å². The number of ether oxygens (including phenoxy) is 2. The number of carbonyl (C=O) groups excluding carboxylic acids is 1. The third-order valence-corrected chi connectivity index (χ3v) is 12.6. The number of carboxylic acid groups (broad SMARTS) is 1. The van der Waals surface area contributed by atoms with Gasteiger partial charge in [-0.15, -0.1) is 32.6 Å². The first-order valence-corrected chi connectivity index (χ1v) is 21.6. The van der Waals surface area contributed by atoms with Crippen molar-refractivity contribution in [2.24, 2.45) is 0 Å². The molecule has 0 aliphatic carbocycles. The Kier molecular flexibility index (Phi) is 14.6. The third kappa shape index (κ3) is 11.1. The molecule has 19 nitrogen and oxygen atoms in total. The van der Waals surface area contributed by atoms with E-state index in [1.807, 2.05) is 13.8 Å². The number of aromatic carboxylic acids is 1. The van der Waals surface area contributed by atoms with Crippen molar-refractivity contribution in [1.82, 2.24) is 39.9 Å². The van der Waals surface area contributed by atoms with E-state index in [4.69, 9.17) is 38.6 Å². The fourth-order valence-corrected chi connectivity index (χ4v) is 8.72. The van der Waals surface area contributed by atoms with Gasteiger partial charge in [0.25, 0.3) is 17.5 Å². The molecule has 0 aliphatic rings. The van der Waals surface area contributed by atoms with Gasteiger partial charge in [-0.25, -0.2) is 24.7 Å². The van der Waals surface area contributed by atoms with E-state index in [2.05, 4.69) is 54.9 Å². The number of H-pyrrole nitrogens is 2. The van der Waals surface area contributed by atoms with Crippen molar-refractivity contribution in [3.8, 4) is 23.0 Å². The van der Waals surface area contributed by atoms with Crippen LogP contribution in [0.25, 0.3) is 31.8 Å². The number of carboxylic acids is 1. The topological polar surface area (TPSA) is 269 Å². The van der Waals surface area contributed by atoms with Gasteiger partial charge in [0.2, 0.25) is 0 Å². The molecule has 0 unspecified atom stereocenters. The summed E-state index contributed by atoms with van der Waals surface area (Å²) in [7, 11) is 2.95. The van der Waals surface area contributed by atoms with E-state index in [-0.39, 0.29) is 22.3 Å². The number of methoxy groups -OCH3 is 2. The zero-order valence-corrected chi connectivity index (χ0v) is 36.7. The van der Waals surface area contributed by atoms with Crippen molar-refractivity contribution in [2.75, 3.05) is 25.3 Å². The number of nitrogens with zero attached hydrogens (tertiary/aromatic N) is 8. The van der Waals surface area contributed by atoms with Crippen molar-refractivity contribution in [3.05, 3.63) is 115 Å². The minimum Gasteiger partial charge on any atom is -0.504 e. The molecule has 8 aromatic rings. The summed E-state index contributed by atoms with van der Waals surface area (Å²) in [4.78, 5) is 62.6. The van der Waals surface area contributed by atoms with E-state index < -0.39 is 5.97 Å². The number of aromatic amines is 2. The van der Waals surface area contributed by atoms with Gasteiger partial charge in [0.15, 0.2) is 33.3 Å². The van der Waals surface area contributed by atoms with Crippen LogP contribution in [-0.4, -0.2) is 81.3 Å². The first-order valence-electron chi connectivity index (χ1n) is 17.9. The number of thioether (sulfide) groups is 2. The monoisotopic (exact) mass is 922 g/mol. The number of phenols is 2. The Bertz CT molecular complexity index is 3040. The molecule has 2 aromatic carbocycles. The predicted molar refractivity (Wildman–Crippen MR) is 242 cm³/mol. The van der Waals surface area contributed by atoms with Crippen molar-refractivity contribution >= 4 is 103 Å². The summed E-state index contributed by atoms with van der Waals surface area (Å²) in [6.07, 6.45) is 6.08. The summed E-state index contributed by atoms with van der Waals surface area (Å²) in [6, 6.07) is 9.37. The number of pyridine rings is 2. The van der Waals surface area contributed by atoms with Crippen LogP contribution in [0.3, 0.4) is 0 Å². The Morgan fingerprint density at radius 2 is 1.25 bits per heavy atom. The van der Waals surface area contributed by atoms with Crippen LogP contribution in [0.5, 0.6) is 23.0 Å². The summed E-state index contributed by atoms with van der Waals surface area (Å²) in [5.74, 6) is 1.26. The number of anilines is 2. The lowest BCUT2D eigenvalue weighted by molar-refractivity contribution is 0.0701. The van der Waals surface area contributed by atoms with Crippen LogP contribution in [-0.2, 0) is 11.5 Å². The first kappa shape index (κ1) is 45.1. The molecule has 0 aliphatic heterocycles. The maximum Gasteiger partial charge on any atom is 0.347 e. The van der Waals surface area contributed by atoms with E-state index >= 15 is 0 Å². The molecule has 0 atom stereocenters. The molecule has 0 fully saturated rings. The van der Waals surface area contributed by atoms with Crippen LogP contribution >= 0.6 is 46.2 Å². The summed E-state index contributed by atoms with van der Waals surface area (Å²) in [6.45, 7) is 17.9. The number of nitrogens with two attached hydrogens (primary N) is 1. The highest BCUT2D eigenvalue weighted by Crippen LogP contribution is 2.32. The Hall–Kier alpha value is -7.44. The summed E-state index contributed by atoms with van der Waals surface area (Å²) < 4.78 is 9.79. The Morgan fingerprint density at radius 3 is 1.71 bits per heavy atom. The van der Waals surface area contributed by atoms with Crippen molar-refractivity contribution in [3.63, 3.8) is 0 Å². The van der Waals surface area contributed by atoms with Gasteiger partial charge in [-0.3, -0.25) is 4.79 Å². The summed E-state index contributed by atoms with van der Waals surface area (Å²) in [5.41, 5.74) is 10.8. The molecule has 6 heterocycles. The van der Waals surface area contributed by atoms with E-state index in [1.54, 1.807) is 36.7 Å². The number of fused-ring (bicyclic) bond motifs is 2. The smallest absolute Gasteiger partial charge is 0.347 e. The molecule has 8 N–H and O–H groups in total. The van der Waals surface area contributed by atoms with Gasteiger partial charge in [-0.2, -0.15) is 0 Å². The van der Waals surface area contributed by atoms with Crippen LogP contribution in [0.15, 0.2) is 71.5 Å². The number of carbonyl (C=O) groups is 2. The van der Waals surface area contributed by atoms with Gasteiger partial charge in [0, 0.05) is 34.6 Å². The molecule has 0 saturated carbocycles.